The SMILES string of the molecule is CCOC(=O)C(O)c1ccc(C)c(C)c1OC(C)C. The van der Waals surface area contributed by atoms with Crippen molar-refractivity contribution in [2.45, 2.75) is 46.8 Å². The number of carbonyl (C=O) groups is 1. The van der Waals surface area contributed by atoms with Crippen molar-refractivity contribution in [1.29, 1.82) is 0 Å². The zero-order valence-corrected chi connectivity index (χ0v) is 12.2. The molecular weight excluding hydrogens is 244 g/mol. The zero-order chi connectivity index (χ0) is 14.6. The lowest BCUT2D eigenvalue weighted by Gasteiger charge is -2.20. The Hall–Kier alpha value is -1.55. The van der Waals surface area contributed by atoms with Crippen LogP contribution in [-0.4, -0.2) is 23.8 Å². The third-order valence-corrected chi connectivity index (χ3v) is 2.87. The number of esters is 1. The molecule has 0 saturated carbocycles. The van der Waals surface area contributed by atoms with Crippen LogP contribution in [0.5, 0.6) is 5.75 Å². The number of carbonyl (C=O) groups excluding carboxylic acids is 1. The lowest BCUT2D eigenvalue weighted by molar-refractivity contribution is -0.153. The van der Waals surface area contributed by atoms with E-state index in [9.17, 15) is 9.90 Å². The van der Waals surface area contributed by atoms with E-state index in [0.717, 1.165) is 11.1 Å². The molecule has 0 spiro atoms. The summed E-state index contributed by atoms with van der Waals surface area (Å²) in [7, 11) is 0. The number of hydrogen-bond donors (Lipinski definition) is 1. The smallest absolute Gasteiger partial charge is 0.339 e. The van der Waals surface area contributed by atoms with Gasteiger partial charge in [0, 0.05) is 5.56 Å². The highest BCUT2D eigenvalue weighted by Gasteiger charge is 2.24. The van der Waals surface area contributed by atoms with Crippen LogP contribution >= 0.6 is 0 Å². The minimum absolute atomic E-state index is 0.0337. The molecular formula is C15H22O4. The van der Waals surface area contributed by atoms with Crippen molar-refractivity contribution >= 4 is 5.97 Å². The van der Waals surface area contributed by atoms with Crippen LogP contribution in [0, 0.1) is 13.8 Å². The van der Waals surface area contributed by atoms with Gasteiger partial charge in [0.25, 0.3) is 0 Å². The van der Waals surface area contributed by atoms with Gasteiger partial charge < -0.3 is 14.6 Å². The number of aliphatic hydroxyl groups is 1. The first-order chi connectivity index (χ1) is 8.88. The summed E-state index contributed by atoms with van der Waals surface area (Å²) in [5.41, 5.74) is 2.43. The average Bonchev–Trinajstić information content (AvgIpc) is 2.34. The molecule has 1 N–H and O–H groups in total. The second-order valence-electron chi connectivity index (χ2n) is 4.75. The number of rotatable bonds is 5. The predicted molar refractivity (Wildman–Crippen MR) is 73.3 cm³/mol. The Labute approximate surface area is 114 Å². The third-order valence-electron chi connectivity index (χ3n) is 2.87. The zero-order valence-electron chi connectivity index (χ0n) is 12.2. The quantitative estimate of drug-likeness (QED) is 0.832. The van der Waals surface area contributed by atoms with Crippen LogP contribution in [0.1, 0.15) is 43.6 Å². The van der Waals surface area contributed by atoms with E-state index < -0.39 is 12.1 Å². The Bertz CT molecular complexity index is 452. The van der Waals surface area contributed by atoms with Gasteiger partial charge in [-0.25, -0.2) is 4.79 Å². The van der Waals surface area contributed by atoms with Gasteiger partial charge in [0.1, 0.15) is 5.75 Å². The molecule has 1 aromatic carbocycles. The lowest BCUT2D eigenvalue weighted by atomic mass is 10.0. The highest BCUT2D eigenvalue weighted by atomic mass is 16.5. The van der Waals surface area contributed by atoms with Crippen molar-refractivity contribution in [3.63, 3.8) is 0 Å². The van der Waals surface area contributed by atoms with Crippen molar-refractivity contribution < 1.29 is 19.4 Å². The van der Waals surface area contributed by atoms with Crippen molar-refractivity contribution in [2.24, 2.45) is 0 Å². The number of ether oxygens (including phenoxy) is 2. The summed E-state index contributed by atoms with van der Waals surface area (Å²) in [6, 6.07) is 3.57. The second-order valence-corrected chi connectivity index (χ2v) is 4.75. The fourth-order valence-electron chi connectivity index (χ4n) is 1.77. The molecule has 106 valence electrons. The van der Waals surface area contributed by atoms with Crippen LogP contribution in [0.25, 0.3) is 0 Å². The summed E-state index contributed by atoms with van der Waals surface area (Å²) in [4.78, 5) is 11.6. The number of hydrogen-bond acceptors (Lipinski definition) is 4. The van der Waals surface area contributed by atoms with Crippen LogP contribution in [0.15, 0.2) is 12.1 Å². The normalized spacial score (nSPS) is 12.4. The van der Waals surface area contributed by atoms with E-state index in [4.69, 9.17) is 9.47 Å². The number of benzene rings is 1. The van der Waals surface area contributed by atoms with Crippen LogP contribution in [-0.2, 0) is 9.53 Å². The van der Waals surface area contributed by atoms with Crippen LogP contribution < -0.4 is 4.74 Å². The predicted octanol–water partition coefficient (Wildman–Crippen LogP) is 2.69. The molecule has 0 heterocycles. The summed E-state index contributed by atoms with van der Waals surface area (Å²) < 4.78 is 10.6. The summed E-state index contributed by atoms with van der Waals surface area (Å²) in [6.45, 7) is 9.62. The molecule has 0 amide bonds. The van der Waals surface area contributed by atoms with Gasteiger partial charge in [0.2, 0.25) is 0 Å². The minimum atomic E-state index is -1.31. The topological polar surface area (TPSA) is 55.8 Å². The Balaban J connectivity index is 3.19. The van der Waals surface area contributed by atoms with Gasteiger partial charge in [-0.1, -0.05) is 12.1 Å². The van der Waals surface area contributed by atoms with E-state index in [1.165, 1.54) is 0 Å². The Morgan fingerprint density at radius 3 is 2.47 bits per heavy atom. The van der Waals surface area contributed by atoms with Gasteiger partial charge in [0.15, 0.2) is 6.10 Å². The molecule has 0 bridgehead atoms. The van der Waals surface area contributed by atoms with Gasteiger partial charge in [0.05, 0.1) is 12.7 Å². The van der Waals surface area contributed by atoms with E-state index in [1.807, 2.05) is 33.8 Å². The summed E-state index contributed by atoms with van der Waals surface area (Å²) >= 11 is 0. The summed E-state index contributed by atoms with van der Waals surface area (Å²) in [5, 5.41) is 10.1. The molecule has 1 atom stereocenters. The monoisotopic (exact) mass is 266 g/mol. The maximum Gasteiger partial charge on any atom is 0.339 e. The molecule has 19 heavy (non-hydrogen) atoms. The average molecular weight is 266 g/mol. The van der Waals surface area contributed by atoms with Crippen molar-refractivity contribution in [3.8, 4) is 5.75 Å². The lowest BCUT2D eigenvalue weighted by Crippen LogP contribution is -2.18. The van der Waals surface area contributed by atoms with Gasteiger partial charge in [-0.05, 0) is 45.7 Å². The molecule has 1 rings (SSSR count). The van der Waals surface area contributed by atoms with Crippen molar-refractivity contribution in [2.75, 3.05) is 6.61 Å². The molecule has 4 heteroatoms. The first-order valence-electron chi connectivity index (χ1n) is 6.49. The third kappa shape index (κ3) is 3.70. The summed E-state index contributed by atoms with van der Waals surface area (Å²) in [6.07, 6.45) is -1.35. The fraction of sp³-hybridized carbons (Fsp3) is 0.533. The van der Waals surface area contributed by atoms with E-state index in [0.29, 0.717) is 11.3 Å². The highest BCUT2D eigenvalue weighted by Crippen LogP contribution is 2.32. The van der Waals surface area contributed by atoms with Gasteiger partial charge in [-0.3, -0.25) is 0 Å². The summed E-state index contributed by atoms with van der Waals surface area (Å²) in [5.74, 6) is -0.0880. The van der Waals surface area contributed by atoms with Crippen molar-refractivity contribution in [1.82, 2.24) is 0 Å². The molecule has 0 radical (unpaired) electrons. The first-order valence-corrected chi connectivity index (χ1v) is 6.49. The van der Waals surface area contributed by atoms with E-state index >= 15 is 0 Å². The molecule has 0 fully saturated rings. The standard InChI is InChI=1S/C15H22O4/c1-6-18-15(17)13(16)12-8-7-10(4)11(5)14(12)19-9(2)3/h7-9,13,16H,6H2,1-5H3. The molecule has 1 aromatic rings. The fourth-order valence-corrected chi connectivity index (χ4v) is 1.77. The van der Waals surface area contributed by atoms with Crippen molar-refractivity contribution in [3.05, 3.63) is 28.8 Å². The highest BCUT2D eigenvalue weighted by molar-refractivity contribution is 5.77. The number of aliphatic hydroxyl groups excluding tert-OH is 1. The van der Waals surface area contributed by atoms with Gasteiger partial charge in [-0.2, -0.15) is 0 Å². The van der Waals surface area contributed by atoms with Gasteiger partial charge >= 0.3 is 5.97 Å². The first kappa shape index (κ1) is 15.5. The molecule has 0 aliphatic heterocycles. The van der Waals surface area contributed by atoms with Crippen LogP contribution in [0.3, 0.4) is 0 Å². The molecule has 1 unspecified atom stereocenters. The molecule has 0 aliphatic carbocycles. The minimum Gasteiger partial charge on any atom is -0.490 e. The maximum atomic E-state index is 11.6. The second kappa shape index (κ2) is 6.57. The molecule has 0 aliphatic rings. The van der Waals surface area contributed by atoms with E-state index in [1.54, 1.807) is 13.0 Å². The van der Waals surface area contributed by atoms with Crippen LogP contribution in [0.2, 0.25) is 0 Å². The largest absolute Gasteiger partial charge is 0.490 e. The van der Waals surface area contributed by atoms with Crippen LogP contribution in [0.4, 0.5) is 0 Å². The van der Waals surface area contributed by atoms with Gasteiger partial charge in [-0.15, -0.1) is 0 Å². The van der Waals surface area contributed by atoms with E-state index in [-0.39, 0.29) is 12.7 Å². The molecule has 0 saturated heterocycles. The number of aryl methyl sites for hydroxylation is 1. The Morgan fingerprint density at radius 2 is 1.95 bits per heavy atom. The maximum absolute atomic E-state index is 11.6. The van der Waals surface area contributed by atoms with E-state index in [2.05, 4.69) is 0 Å². The Morgan fingerprint density at radius 1 is 1.32 bits per heavy atom. The molecule has 0 aromatic heterocycles. The molecule has 4 nitrogen and oxygen atoms in total. The Kier molecular flexibility index (Phi) is 5.36.